The molecule has 1 heterocycles. The Labute approximate surface area is 67.1 Å². The summed E-state index contributed by atoms with van der Waals surface area (Å²) in [6.45, 7) is 4.07. The molecule has 0 aromatic rings. The molecular formula is C8H15NO2. The highest BCUT2D eigenvalue weighted by Crippen LogP contribution is 2.13. The van der Waals surface area contributed by atoms with Gasteiger partial charge in [0.05, 0.1) is 6.04 Å². The van der Waals surface area contributed by atoms with Gasteiger partial charge in [0.25, 0.3) is 0 Å². The van der Waals surface area contributed by atoms with E-state index in [2.05, 4.69) is 12.2 Å². The molecule has 0 aromatic heterocycles. The molecule has 3 heteroatoms. The van der Waals surface area contributed by atoms with Crippen molar-refractivity contribution in [2.24, 2.45) is 0 Å². The van der Waals surface area contributed by atoms with E-state index in [9.17, 15) is 4.79 Å². The van der Waals surface area contributed by atoms with Gasteiger partial charge in [-0.3, -0.25) is 0 Å². The van der Waals surface area contributed by atoms with E-state index < -0.39 is 0 Å². The maximum absolute atomic E-state index is 10.7. The summed E-state index contributed by atoms with van der Waals surface area (Å²) in [7, 11) is 0. The predicted molar refractivity (Wildman–Crippen MR) is 42.4 cm³/mol. The first kappa shape index (κ1) is 8.37. The van der Waals surface area contributed by atoms with Crippen LogP contribution in [0.1, 0.15) is 33.1 Å². The predicted octanol–water partition coefficient (Wildman–Crippen LogP) is 1.67. The quantitative estimate of drug-likeness (QED) is 0.676. The van der Waals surface area contributed by atoms with E-state index in [4.69, 9.17) is 4.74 Å². The average Bonchev–Trinajstić information content (AvgIpc) is 2.26. The molecule has 11 heavy (non-hydrogen) atoms. The van der Waals surface area contributed by atoms with Gasteiger partial charge in [0.2, 0.25) is 0 Å². The maximum Gasteiger partial charge on any atom is 0.407 e. The van der Waals surface area contributed by atoms with Gasteiger partial charge in [-0.15, -0.1) is 0 Å². The highest BCUT2D eigenvalue weighted by atomic mass is 16.6. The van der Waals surface area contributed by atoms with Gasteiger partial charge < -0.3 is 10.1 Å². The van der Waals surface area contributed by atoms with Gasteiger partial charge in [-0.05, 0) is 13.3 Å². The minimum Gasteiger partial charge on any atom is -0.444 e. The summed E-state index contributed by atoms with van der Waals surface area (Å²) < 4.78 is 4.92. The number of hydrogen-bond acceptors (Lipinski definition) is 2. The number of ether oxygens (including phenoxy) is 1. The summed E-state index contributed by atoms with van der Waals surface area (Å²) in [5.41, 5.74) is 0. The molecule has 1 saturated heterocycles. The first-order chi connectivity index (χ1) is 5.24. The fourth-order valence-corrected chi connectivity index (χ4v) is 1.28. The Morgan fingerprint density at radius 3 is 2.82 bits per heavy atom. The third-order valence-corrected chi connectivity index (χ3v) is 2.03. The average molecular weight is 157 g/mol. The van der Waals surface area contributed by atoms with Crippen LogP contribution < -0.4 is 5.32 Å². The van der Waals surface area contributed by atoms with Crippen molar-refractivity contribution in [2.45, 2.75) is 45.3 Å². The zero-order valence-electron chi connectivity index (χ0n) is 7.09. The smallest absolute Gasteiger partial charge is 0.407 e. The number of carbonyl (C=O) groups excluding carboxylic acids is 1. The molecule has 1 aliphatic rings. The Kier molecular flexibility index (Phi) is 2.74. The first-order valence-electron chi connectivity index (χ1n) is 4.21. The summed E-state index contributed by atoms with van der Waals surface area (Å²) >= 11 is 0. The van der Waals surface area contributed by atoms with Crippen LogP contribution in [-0.2, 0) is 4.74 Å². The molecule has 2 atom stereocenters. The number of nitrogens with one attached hydrogen (secondary N) is 1. The van der Waals surface area contributed by atoms with Gasteiger partial charge in [-0.25, -0.2) is 4.79 Å². The van der Waals surface area contributed by atoms with Gasteiger partial charge in [-0.2, -0.15) is 0 Å². The van der Waals surface area contributed by atoms with E-state index in [1.165, 1.54) is 6.42 Å². The van der Waals surface area contributed by atoms with Crippen molar-refractivity contribution >= 4 is 6.09 Å². The molecule has 0 radical (unpaired) electrons. The Morgan fingerprint density at radius 1 is 1.64 bits per heavy atom. The molecule has 0 saturated carbocycles. The molecule has 0 aromatic carbocycles. The van der Waals surface area contributed by atoms with Gasteiger partial charge in [0, 0.05) is 0 Å². The van der Waals surface area contributed by atoms with Gasteiger partial charge in [0.15, 0.2) is 0 Å². The van der Waals surface area contributed by atoms with Crippen LogP contribution in [0.3, 0.4) is 0 Å². The molecule has 1 rings (SSSR count). The highest BCUT2D eigenvalue weighted by molar-refractivity contribution is 5.70. The van der Waals surface area contributed by atoms with Crippen LogP contribution in [0.15, 0.2) is 0 Å². The molecule has 0 aliphatic carbocycles. The van der Waals surface area contributed by atoms with Crippen LogP contribution in [0.25, 0.3) is 0 Å². The SMILES string of the molecule is CCCC[C@H]1NC(=O)O[C@H]1C. The lowest BCUT2D eigenvalue weighted by Gasteiger charge is -2.10. The van der Waals surface area contributed by atoms with Crippen LogP contribution in [0.2, 0.25) is 0 Å². The Morgan fingerprint density at radius 2 is 2.36 bits per heavy atom. The van der Waals surface area contributed by atoms with Crippen molar-refractivity contribution in [3.05, 3.63) is 0 Å². The van der Waals surface area contributed by atoms with Crippen LogP contribution in [0, 0.1) is 0 Å². The summed E-state index contributed by atoms with van der Waals surface area (Å²) in [5, 5.41) is 2.78. The Hall–Kier alpha value is -0.730. The van der Waals surface area contributed by atoms with Gasteiger partial charge in [-0.1, -0.05) is 19.8 Å². The lowest BCUT2D eigenvalue weighted by molar-refractivity contribution is 0.140. The van der Waals surface area contributed by atoms with Crippen molar-refractivity contribution in [2.75, 3.05) is 0 Å². The molecule has 1 aliphatic heterocycles. The maximum atomic E-state index is 10.7. The number of cyclic esters (lactones) is 1. The molecule has 64 valence electrons. The topological polar surface area (TPSA) is 38.3 Å². The van der Waals surface area contributed by atoms with Gasteiger partial charge in [0.1, 0.15) is 6.10 Å². The minimum absolute atomic E-state index is 0.0500. The Balaban J connectivity index is 2.28. The third-order valence-electron chi connectivity index (χ3n) is 2.03. The fourth-order valence-electron chi connectivity index (χ4n) is 1.28. The number of carbonyl (C=O) groups is 1. The van der Waals surface area contributed by atoms with E-state index in [1.807, 2.05) is 6.92 Å². The van der Waals surface area contributed by atoms with Gasteiger partial charge >= 0.3 is 6.09 Å². The highest BCUT2D eigenvalue weighted by Gasteiger charge is 2.29. The normalized spacial score (nSPS) is 29.8. The minimum atomic E-state index is -0.265. The van der Waals surface area contributed by atoms with Crippen LogP contribution >= 0.6 is 0 Å². The molecule has 1 fully saturated rings. The van der Waals surface area contributed by atoms with E-state index in [0.29, 0.717) is 0 Å². The van der Waals surface area contributed by atoms with E-state index in [-0.39, 0.29) is 18.2 Å². The second-order valence-electron chi connectivity index (χ2n) is 3.00. The number of unbranched alkanes of at least 4 members (excludes halogenated alkanes) is 1. The van der Waals surface area contributed by atoms with Crippen LogP contribution in [0.5, 0.6) is 0 Å². The lowest BCUT2D eigenvalue weighted by Crippen LogP contribution is -2.29. The molecule has 3 nitrogen and oxygen atoms in total. The molecule has 0 spiro atoms. The summed E-state index contributed by atoms with van der Waals surface area (Å²) in [6.07, 6.45) is 3.13. The number of amides is 1. The second-order valence-corrected chi connectivity index (χ2v) is 3.00. The van der Waals surface area contributed by atoms with E-state index in [1.54, 1.807) is 0 Å². The van der Waals surface area contributed by atoms with Crippen molar-refractivity contribution in [1.29, 1.82) is 0 Å². The zero-order valence-corrected chi connectivity index (χ0v) is 7.09. The van der Waals surface area contributed by atoms with Crippen LogP contribution in [-0.4, -0.2) is 18.2 Å². The number of rotatable bonds is 3. The standard InChI is InChI=1S/C8H15NO2/c1-3-4-5-7-6(2)11-8(10)9-7/h6-7H,3-5H2,1-2H3,(H,9,10)/t6-,7+/m0/s1. The third kappa shape index (κ3) is 2.10. The molecular weight excluding hydrogens is 142 g/mol. The van der Waals surface area contributed by atoms with Crippen molar-refractivity contribution < 1.29 is 9.53 Å². The van der Waals surface area contributed by atoms with Crippen molar-refractivity contribution in [3.8, 4) is 0 Å². The van der Waals surface area contributed by atoms with Crippen LogP contribution in [0.4, 0.5) is 4.79 Å². The monoisotopic (exact) mass is 157 g/mol. The molecule has 0 unspecified atom stereocenters. The largest absolute Gasteiger partial charge is 0.444 e. The second kappa shape index (κ2) is 3.60. The number of hydrogen-bond donors (Lipinski definition) is 1. The number of alkyl carbamates (subject to hydrolysis) is 1. The molecule has 0 bridgehead atoms. The van der Waals surface area contributed by atoms with Crippen molar-refractivity contribution in [1.82, 2.24) is 5.32 Å². The molecule has 1 N–H and O–H groups in total. The van der Waals surface area contributed by atoms with E-state index >= 15 is 0 Å². The zero-order chi connectivity index (χ0) is 8.27. The Bertz CT molecular complexity index is 147. The van der Waals surface area contributed by atoms with E-state index in [0.717, 1.165) is 12.8 Å². The first-order valence-corrected chi connectivity index (χ1v) is 4.21. The van der Waals surface area contributed by atoms with Crippen molar-refractivity contribution in [3.63, 3.8) is 0 Å². The summed E-state index contributed by atoms with van der Waals surface area (Å²) in [5.74, 6) is 0. The molecule has 1 amide bonds. The summed E-state index contributed by atoms with van der Waals surface area (Å²) in [6, 6.07) is 0.238. The summed E-state index contributed by atoms with van der Waals surface area (Å²) in [4.78, 5) is 10.7. The lowest BCUT2D eigenvalue weighted by atomic mass is 10.1. The fraction of sp³-hybridized carbons (Fsp3) is 0.875.